The molecular formula is C25H30N2O4. The van der Waals surface area contributed by atoms with E-state index < -0.39 is 0 Å². The van der Waals surface area contributed by atoms with Gasteiger partial charge in [0.2, 0.25) is 5.91 Å². The Morgan fingerprint density at radius 3 is 2.29 bits per heavy atom. The van der Waals surface area contributed by atoms with Gasteiger partial charge in [0.25, 0.3) is 5.91 Å². The lowest BCUT2D eigenvalue weighted by atomic mass is 10.1. The quantitative estimate of drug-likeness (QED) is 0.638. The van der Waals surface area contributed by atoms with Gasteiger partial charge in [-0.1, -0.05) is 17.7 Å². The van der Waals surface area contributed by atoms with Crippen LogP contribution in [0.15, 0.2) is 48.5 Å². The number of hydrogen-bond donors (Lipinski definition) is 0. The summed E-state index contributed by atoms with van der Waals surface area (Å²) in [6.07, 6.45) is 1.09. The molecule has 164 valence electrons. The fraction of sp³-hybridized carbons (Fsp3) is 0.400. The summed E-state index contributed by atoms with van der Waals surface area (Å²) in [6.45, 7) is 6.68. The van der Waals surface area contributed by atoms with Crippen molar-refractivity contribution in [3.63, 3.8) is 0 Å². The Kier molecular flexibility index (Phi) is 7.82. The average molecular weight is 423 g/mol. The Bertz CT molecular complexity index is 923. The van der Waals surface area contributed by atoms with E-state index in [0.717, 1.165) is 17.7 Å². The van der Waals surface area contributed by atoms with Gasteiger partial charge < -0.3 is 14.5 Å². The summed E-state index contributed by atoms with van der Waals surface area (Å²) < 4.78 is 5.39. The standard InChI is InChI=1S/C25H30N2O4/c1-3-31-22-10-8-20(9-11-22)23(28)12-13-24(29)26-14-5-15-27(17-16-26)25(30)21-7-4-6-19(2)18-21/h4,6-11,18H,3,5,12-17H2,1-2H3. The van der Waals surface area contributed by atoms with Crippen molar-refractivity contribution in [2.24, 2.45) is 0 Å². The van der Waals surface area contributed by atoms with Crippen molar-refractivity contribution in [2.75, 3.05) is 32.8 Å². The van der Waals surface area contributed by atoms with Crippen LogP contribution in [0.4, 0.5) is 0 Å². The van der Waals surface area contributed by atoms with E-state index in [2.05, 4.69) is 0 Å². The third kappa shape index (κ3) is 6.17. The zero-order valence-electron chi connectivity index (χ0n) is 18.3. The monoisotopic (exact) mass is 422 g/mol. The molecule has 0 saturated carbocycles. The Hall–Kier alpha value is -3.15. The predicted molar refractivity (Wildman–Crippen MR) is 119 cm³/mol. The Balaban J connectivity index is 1.50. The van der Waals surface area contributed by atoms with Crippen molar-refractivity contribution in [3.05, 3.63) is 65.2 Å². The smallest absolute Gasteiger partial charge is 0.253 e. The summed E-state index contributed by atoms with van der Waals surface area (Å²) in [5.74, 6) is 0.639. The molecule has 2 amide bonds. The van der Waals surface area contributed by atoms with E-state index in [1.54, 1.807) is 29.2 Å². The number of carbonyl (C=O) groups excluding carboxylic acids is 3. The first-order chi connectivity index (χ1) is 15.0. The number of amides is 2. The SMILES string of the molecule is CCOc1ccc(C(=O)CCC(=O)N2CCCN(C(=O)c3cccc(C)c3)CC2)cc1. The van der Waals surface area contributed by atoms with Crippen LogP contribution in [0.25, 0.3) is 0 Å². The van der Waals surface area contributed by atoms with Crippen molar-refractivity contribution in [1.82, 2.24) is 9.80 Å². The van der Waals surface area contributed by atoms with Crippen molar-refractivity contribution in [3.8, 4) is 5.75 Å². The number of aryl methyl sites for hydroxylation is 1. The lowest BCUT2D eigenvalue weighted by molar-refractivity contribution is -0.131. The fourth-order valence-electron chi connectivity index (χ4n) is 3.76. The van der Waals surface area contributed by atoms with Crippen LogP contribution < -0.4 is 4.74 Å². The zero-order chi connectivity index (χ0) is 22.2. The maximum absolute atomic E-state index is 12.8. The van der Waals surface area contributed by atoms with E-state index in [0.29, 0.717) is 43.9 Å². The first-order valence-electron chi connectivity index (χ1n) is 10.9. The minimum absolute atomic E-state index is 0.00340. The van der Waals surface area contributed by atoms with Crippen LogP contribution >= 0.6 is 0 Å². The van der Waals surface area contributed by atoms with Gasteiger partial charge in [0.1, 0.15) is 5.75 Å². The largest absolute Gasteiger partial charge is 0.494 e. The van der Waals surface area contributed by atoms with Crippen LogP contribution in [0.1, 0.15) is 52.5 Å². The summed E-state index contributed by atoms with van der Waals surface area (Å²) in [6, 6.07) is 14.6. The fourth-order valence-corrected chi connectivity index (χ4v) is 3.76. The lowest BCUT2D eigenvalue weighted by Crippen LogP contribution is -2.37. The Morgan fingerprint density at radius 1 is 0.871 bits per heavy atom. The third-order valence-electron chi connectivity index (χ3n) is 5.45. The van der Waals surface area contributed by atoms with Gasteiger partial charge in [-0.05, 0) is 56.7 Å². The molecule has 0 aromatic heterocycles. The molecule has 1 saturated heterocycles. The molecule has 0 N–H and O–H groups in total. The van der Waals surface area contributed by atoms with Gasteiger partial charge in [-0.15, -0.1) is 0 Å². The molecule has 6 heteroatoms. The van der Waals surface area contributed by atoms with Crippen molar-refractivity contribution < 1.29 is 19.1 Å². The molecule has 0 atom stereocenters. The van der Waals surface area contributed by atoms with Gasteiger partial charge in [-0.3, -0.25) is 14.4 Å². The second kappa shape index (κ2) is 10.8. The molecule has 0 unspecified atom stereocenters. The minimum Gasteiger partial charge on any atom is -0.494 e. The van der Waals surface area contributed by atoms with Gasteiger partial charge in [-0.2, -0.15) is 0 Å². The highest BCUT2D eigenvalue weighted by Crippen LogP contribution is 2.15. The Labute approximate surface area is 183 Å². The molecule has 2 aromatic carbocycles. The molecule has 0 spiro atoms. The topological polar surface area (TPSA) is 66.9 Å². The molecule has 0 aliphatic carbocycles. The molecule has 31 heavy (non-hydrogen) atoms. The maximum atomic E-state index is 12.8. The van der Waals surface area contributed by atoms with E-state index in [1.165, 1.54) is 0 Å². The molecule has 1 fully saturated rings. The van der Waals surface area contributed by atoms with Gasteiger partial charge in [0.15, 0.2) is 5.78 Å². The van der Waals surface area contributed by atoms with E-state index in [1.807, 2.05) is 43.0 Å². The highest BCUT2D eigenvalue weighted by atomic mass is 16.5. The summed E-state index contributed by atoms with van der Waals surface area (Å²) >= 11 is 0. The third-order valence-corrected chi connectivity index (χ3v) is 5.45. The van der Waals surface area contributed by atoms with Crippen molar-refractivity contribution in [2.45, 2.75) is 33.1 Å². The number of nitrogens with zero attached hydrogens (tertiary/aromatic N) is 2. The predicted octanol–water partition coefficient (Wildman–Crippen LogP) is 3.73. The van der Waals surface area contributed by atoms with E-state index >= 15 is 0 Å². The number of carbonyl (C=O) groups is 3. The van der Waals surface area contributed by atoms with E-state index in [4.69, 9.17) is 4.74 Å². The number of rotatable bonds is 7. The maximum Gasteiger partial charge on any atom is 0.253 e. The van der Waals surface area contributed by atoms with Crippen LogP contribution in [0, 0.1) is 6.92 Å². The molecule has 1 aliphatic rings. The highest BCUT2D eigenvalue weighted by molar-refractivity contribution is 5.98. The molecular weight excluding hydrogens is 392 g/mol. The second-order valence-corrected chi connectivity index (χ2v) is 7.78. The number of Topliss-reactive ketones (excluding diaryl/α,β-unsaturated/α-hetero) is 1. The van der Waals surface area contributed by atoms with Crippen LogP contribution in [-0.4, -0.2) is 60.2 Å². The lowest BCUT2D eigenvalue weighted by Gasteiger charge is -2.22. The molecule has 6 nitrogen and oxygen atoms in total. The molecule has 0 bridgehead atoms. The number of ether oxygens (including phenoxy) is 1. The molecule has 1 aliphatic heterocycles. The summed E-state index contributed by atoms with van der Waals surface area (Å²) in [4.78, 5) is 41.5. The van der Waals surface area contributed by atoms with Gasteiger partial charge >= 0.3 is 0 Å². The molecule has 2 aromatic rings. The first-order valence-corrected chi connectivity index (χ1v) is 10.9. The molecule has 0 radical (unpaired) electrons. The summed E-state index contributed by atoms with van der Waals surface area (Å²) in [7, 11) is 0. The van der Waals surface area contributed by atoms with Gasteiger partial charge in [-0.25, -0.2) is 0 Å². The average Bonchev–Trinajstić information content (AvgIpc) is 3.04. The van der Waals surface area contributed by atoms with Crippen LogP contribution in [0.3, 0.4) is 0 Å². The van der Waals surface area contributed by atoms with E-state index in [9.17, 15) is 14.4 Å². The summed E-state index contributed by atoms with van der Waals surface area (Å²) in [5.41, 5.74) is 2.32. The molecule has 1 heterocycles. The highest BCUT2D eigenvalue weighted by Gasteiger charge is 2.23. The minimum atomic E-state index is -0.0533. The van der Waals surface area contributed by atoms with Gasteiger partial charge in [0, 0.05) is 50.1 Å². The zero-order valence-corrected chi connectivity index (χ0v) is 18.3. The summed E-state index contributed by atoms with van der Waals surface area (Å²) in [5, 5.41) is 0. The van der Waals surface area contributed by atoms with Crippen molar-refractivity contribution in [1.29, 1.82) is 0 Å². The Morgan fingerprint density at radius 2 is 1.58 bits per heavy atom. The van der Waals surface area contributed by atoms with Crippen molar-refractivity contribution >= 4 is 17.6 Å². The second-order valence-electron chi connectivity index (χ2n) is 7.78. The first kappa shape index (κ1) is 22.5. The number of benzene rings is 2. The van der Waals surface area contributed by atoms with Crippen LogP contribution in [0.5, 0.6) is 5.75 Å². The number of hydrogen-bond acceptors (Lipinski definition) is 4. The normalized spacial score (nSPS) is 14.1. The van der Waals surface area contributed by atoms with E-state index in [-0.39, 0.29) is 30.4 Å². The van der Waals surface area contributed by atoms with Crippen LogP contribution in [-0.2, 0) is 4.79 Å². The van der Waals surface area contributed by atoms with Crippen LogP contribution in [0.2, 0.25) is 0 Å². The number of ketones is 1. The van der Waals surface area contributed by atoms with Gasteiger partial charge in [0.05, 0.1) is 6.61 Å². The molecule has 3 rings (SSSR count).